The highest BCUT2D eigenvalue weighted by molar-refractivity contribution is 6.10. The Morgan fingerprint density at radius 3 is 2.26 bits per heavy atom. The zero-order valence-corrected chi connectivity index (χ0v) is 23.9. The van der Waals surface area contributed by atoms with Crippen LogP contribution >= 0.6 is 0 Å². The number of rotatable bonds is 10. The lowest BCUT2D eigenvalue weighted by Crippen LogP contribution is -2.24. The van der Waals surface area contributed by atoms with Crippen LogP contribution in [0.2, 0.25) is 0 Å². The third kappa shape index (κ3) is 5.48. The van der Waals surface area contributed by atoms with Gasteiger partial charge in [-0.15, -0.1) is 0 Å². The lowest BCUT2D eigenvalue weighted by atomic mass is 10.1. The van der Waals surface area contributed by atoms with Gasteiger partial charge in [0.15, 0.2) is 11.5 Å². The molecule has 0 saturated heterocycles. The topological polar surface area (TPSA) is 79.3 Å². The van der Waals surface area contributed by atoms with E-state index in [9.17, 15) is 14.7 Å². The first-order valence-electron chi connectivity index (χ1n) is 14.3. The summed E-state index contributed by atoms with van der Waals surface area (Å²) in [6, 6.07) is 27.3. The van der Waals surface area contributed by atoms with Gasteiger partial charge in [-0.25, -0.2) is 0 Å². The van der Waals surface area contributed by atoms with Crippen LogP contribution in [0.1, 0.15) is 61.9 Å². The molecule has 2 amide bonds. The van der Waals surface area contributed by atoms with E-state index in [1.807, 2.05) is 73.7 Å². The zero-order valence-electron chi connectivity index (χ0n) is 23.9. The number of methoxy groups -OCH3 is 1. The highest BCUT2D eigenvalue weighted by Gasteiger charge is 2.31. The summed E-state index contributed by atoms with van der Waals surface area (Å²) in [6.07, 6.45) is 1.71. The first-order chi connectivity index (χ1) is 20.4. The Kier molecular flexibility index (Phi) is 7.68. The van der Waals surface area contributed by atoms with Crippen molar-refractivity contribution in [3.8, 4) is 11.5 Å². The lowest BCUT2D eigenvalue weighted by Gasteiger charge is -2.21. The van der Waals surface area contributed by atoms with Gasteiger partial charge in [0.2, 0.25) is 0 Å². The molecule has 2 heterocycles. The number of fused-ring (bicyclic) bond motifs is 2. The van der Waals surface area contributed by atoms with Gasteiger partial charge in [0.25, 0.3) is 11.8 Å². The fraction of sp³-hybridized carbons (Fsp3) is 0.257. The number of amides is 2. The molecule has 2 aliphatic heterocycles. The Morgan fingerprint density at radius 2 is 1.50 bits per heavy atom. The second kappa shape index (κ2) is 11.7. The first kappa shape index (κ1) is 27.5. The van der Waals surface area contributed by atoms with Crippen LogP contribution in [-0.4, -0.2) is 35.0 Å². The first-order valence-corrected chi connectivity index (χ1v) is 14.3. The molecule has 1 unspecified atom stereocenters. The van der Waals surface area contributed by atoms with Crippen LogP contribution in [0.25, 0.3) is 0 Å². The zero-order chi connectivity index (χ0) is 29.2. The molecule has 0 radical (unpaired) electrons. The number of benzene rings is 4. The van der Waals surface area contributed by atoms with Gasteiger partial charge in [-0.2, -0.15) is 0 Å². The second-order valence-electron chi connectivity index (χ2n) is 11.0. The number of hydrogen-bond donors (Lipinski definition) is 1. The Morgan fingerprint density at radius 1 is 0.786 bits per heavy atom. The predicted molar refractivity (Wildman–Crippen MR) is 161 cm³/mol. The number of hydrogen-bond acceptors (Lipinski definition) is 5. The van der Waals surface area contributed by atoms with E-state index in [-0.39, 0.29) is 24.5 Å². The molecule has 7 heteroatoms. The summed E-state index contributed by atoms with van der Waals surface area (Å²) >= 11 is 0. The van der Waals surface area contributed by atoms with Crippen LogP contribution < -0.4 is 14.4 Å². The van der Waals surface area contributed by atoms with Crippen molar-refractivity contribution in [2.75, 3.05) is 12.0 Å². The molecule has 42 heavy (non-hydrogen) atoms. The number of ether oxygens (including phenoxy) is 2. The number of aliphatic hydroxyl groups is 1. The van der Waals surface area contributed by atoms with E-state index < -0.39 is 0 Å². The Bertz CT molecular complexity index is 1630. The molecule has 2 aliphatic rings. The molecule has 0 bridgehead atoms. The number of aliphatic hydroxyl groups excluding tert-OH is 1. The largest absolute Gasteiger partial charge is 0.493 e. The van der Waals surface area contributed by atoms with Crippen LogP contribution in [0.3, 0.4) is 0 Å². The quantitative estimate of drug-likeness (QED) is 0.260. The molecule has 0 aliphatic carbocycles. The predicted octanol–water partition coefficient (Wildman–Crippen LogP) is 5.90. The minimum Gasteiger partial charge on any atom is -0.493 e. The lowest BCUT2D eigenvalue weighted by molar-refractivity contribution is 0.0766. The molecule has 1 atom stereocenters. The Hall–Kier alpha value is -4.62. The van der Waals surface area contributed by atoms with Gasteiger partial charge in [-0.05, 0) is 71.8 Å². The van der Waals surface area contributed by atoms with E-state index >= 15 is 0 Å². The summed E-state index contributed by atoms with van der Waals surface area (Å²) in [6.45, 7) is 3.32. The molecule has 1 N–H and O–H groups in total. The van der Waals surface area contributed by atoms with E-state index in [1.165, 1.54) is 5.56 Å². The molecule has 0 aromatic heterocycles. The van der Waals surface area contributed by atoms with Crippen LogP contribution in [0.5, 0.6) is 11.5 Å². The van der Waals surface area contributed by atoms with Crippen molar-refractivity contribution in [3.05, 3.63) is 124 Å². The molecular formula is C35H34N2O5. The van der Waals surface area contributed by atoms with Gasteiger partial charge in [-0.3, -0.25) is 9.59 Å². The summed E-state index contributed by atoms with van der Waals surface area (Å²) in [5.41, 5.74) is 6.82. The van der Waals surface area contributed by atoms with E-state index in [2.05, 4.69) is 12.1 Å². The van der Waals surface area contributed by atoms with Crippen LogP contribution in [0.4, 0.5) is 5.69 Å². The summed E-state index contributed by atoms with van der Waals surface area (Å²) in [7, 11) is 1.62. The van der Waals surface area contributed by atoms with Crippen LogP contribution in [-0.2, 0) is 32.7 Å². The van der Waals surface area contributed by atoms with Crippen molar-refractivity contribution in [1.29, 1.82) is 0 Å². The molecule has 214 valence electrons. The van der Waals surface area contributed by atoms with Crippen LogP contribution in [0, 0.1) is 0 Å². The molecule has 0 fully saturated rings. The maximum Gasteiger partial charge on any atom is 0.258 e. The average Bonchev–Trinajstić information content (AvgIpc) is 3.51. The SMILES string of the molecule is COc1ccc(N2Cc3ccc(CN4Cc5ccc(CO)cc5C4=O)cc3C2=O)cc1OC(C)CCc1ccccc1. The summed E-state index contributed by atoms with van der Waals surface area (Å²) < 4.78 is 11.9. The molecule has 0 spiro atoms. The van der Waals surface area contributed by atoms with Crippen LogP contribution in [0.15, 0.2) is 84.9 Å². The van der Waals surface area contributed by atoms with Gasteiger partial charge in [0.05, 0.1) is 26.4 Å². The molecular weight excluding hydrogens is 528 g/mol. The minimum absolute atomic E-state index is 0.0435. The monoisotopic (exact) mass is 562 g/mol. The minimum atomic E-state index is -0.0981. The maximum atomic E-state index is 13.6. The number of nitrogens with zero attached hydrogens (tertiary/aromatic N) is 2. The Labute approximate surface area is 245 Å². The van der Waals surface area contributed by atoms with E-state index in [4.69, 9.17) is 9.47 Å². The molecule has 4 aromatic rings. The molecule has 7 nitrogen and oxygen atoms in total. The van der Waals surface area contributed by atoms with Gasteiger partial charge >= 0.3 is 0 Å². The summed E-state index contributed by atoms with van der Waals surface area (Å²) in [5.74, 6) is 1.09. The fourth-order valence-corrected chi connectivity index (χ4v) is 5.73. The highest BCUT2D eigenvalue weighted by atomic mass is 16.5. The third-order valence-corrected chi connectivity index (χ3v) is 8.06. The van der Waals surface area contributed by atoms with Gasteiger partial charge < -0.3 is 24.4 Å². The molecule has 4 aromatic carbocycles. The van der Waals surface area contributed by atoms with Crippen molar-refractivity contribution in [1.82, 2.24) is 4.90 Å². The van der Waals surface area contributed by atoms with E-state index in [0.29, 0.717) is 42.3 Å². The van der Waals surface area contributed by atoms with Gasteiger partial charge in [0.1, 0.15) is 0 Å². The van der Waals surface area contributed by atoms with Gasteiger partial charge in [-0.1, -0.05) is 54.6 Å². The average molecular weight is 563 g/mol. The van der Waals surface area contributed by atoms with Crippen molar-refractivity contribution >= 4 is 17.5 Å². The standard InChI is InChI=1S/C35H34N2O5/c1-23(8-9-24-6-4-3-5-7-24)42-33-18-29(14-15-32(33)41-2)37-21-28-12-10-25(16-31(28)35(37)40)19-36-20-27-13-11-26(22-38)17-30(27)34(36)39/h3-7,10-18,23,38H,8-9,19-22H2,1-2H3. The second-order valence-corrected chi connectivity index (χ2v) is 11.0. The number of aryl methyl sites for hydroxylation is 1. The molecule has 0 saturated carbocycles. The normalized spacial score (nSPS) is 14.6. The van der Waals surface area contributed by atoms with Crippen molar-refractivity contribution in [3.63, 3.8) is 0 Å². The number of carbonyl (C=O) groups excluding carboxylic acids is 2. The summed E-state index contributed by atoms with van der Waals surface area (Å²) in [4.78, 5) is 30.1. The number of anilines is 1. The molecule has 6 rings (SSSR count). The number of carbonyl (C=O) groups is 2. The van der Waals surface area contributed by atoms with Crippen molar-refractivity contribution < 1.29 is 24.2 Å². The maximum absolute atomic E-state index is 13.6. The fourth-order valence-electron chi connectivity index (χ4n) is 5.73. The van der Waals surface area contributed by atoms with Gasteiger partial charge in [0, 0.05) is 36.0 Å². The van der Waals surface area contributed by atoms with E-state index in [0.717, 1.165) is 40.8 Å². The summed E-state index contributed by atoms with van der Waals surface area (Å²) in [5, 5.41) is 9.44. The van der Waals surface area contributed by atoms with Crippen molar-refractivity contribution in [2.24, 2.45) is 0 Å². The van der Waals surface area contributed by atoms with E-state index in [1.54, 1.807) is 23.0 Å². The Balaban J connectivity index is 1.15. The third-order valence-electron chi connectivity index (χ3n) is 8.06. The van der Waals surface area contributed by atoms with Crippen molar-refractivity contribution in [2.45, 2.75) is 52.1 Å². The highest BCUT2D eigenvalue weighted by Crippen LogP contribution is 2.37. The smallest absolute Gasteiger partial charge is 0.258 e.